The van der Waals surface area contributed by atoms with Crippen molar-refractivity contribution in [2.24, 2.45) is 5.92 Å². The third kappa shape index (κ3) is 4.88. The highest BCUT2D eigenvalue weighted by atomic mass is 16.4. The fraction of sp³-hybridized carbons (Fsp3) is 0.600. The molecule has 1 atom stereocenters. The topological polar surface area (TPSA) is 98.7 Å². The molecule has 2 N–H and O–H groups in total. The Morgan fingerprint density at radius 1 is 1.22 bits per heavy atom. The number of carbonyl (C=O) groups is 2. The van der Waals surface area contributed by atoms with Gasteiger partial charge in [-0.05, 0) is 12.0 Å². The largest absolute Gasteiger partial charge is 0.480 e. The first-order valence-electron chi connectivity index (χ1n) is 7.74. The monoisotopic (exact) mass is 321 g/mol. The number of carboxylic acids is 1. The molecule has 1 aromatic heterocycles. The summed E-state index contributed by atoms with van der Waals surface area (Å²) < 4.78 is 0. The number of rotatable bonds is 6. The van der Waals surface area contributed by atoms with Gasteiger partial charge in [0.1, 0.15) is 6.04 Å². The van der Waals surface area contributed by atoms with Crippen LogP contribution in [0, 0.1) is 5.92 Å². The molecule has 0 saturated carbocycles. The lowest BCUT2D eigenvalue weighted by molar-refractivity contribution is -0.143. The van der Waals surface area contributed by atoms with Crippen LogP contribution in [0.25, 0.3) is 0 Å². The van der Waals surface area contributed by atoms with Gasteiger partial charge in [-0.3, -0.25) is 9.69 Å². The van der Waals surface area contributed by atoms with Crippen molar-refractivity contribution in [2.75, 3.05) is 37.6 Å². The predicted octanol–water partition coefficient (Wildman–Crippen LogP) is -0.176. The van der Waals surface area contributed by atoms with E-state index in [1.54, 1.807) is 32.3 Å². The molecule has 23 heavy (non-hydrogen) atoms. The van der Waals surface area contributed by atoms with Crippen LogP contribution in [0.5, 0.6) is 0 Å². The number of aliphatic carboxylic acids is 1. The Morgan fingerprint density at radius 3 is 2.35 bits per heavy atom. The highest BCUT2D eigenvalue weighted by Gasteiger charge is 2.25. The molecule has 8 heteroatoms. The highest BCUT2D eigenvalue weighted by Crippen LogP contribution is 2.09. The average Bonchev–Trinajstić information content (AvgIpc) is 2.53. The second kappa shape index (κ2) is 7.87. The van der Waals surface area contributed by atoms with Crippen molar-refractivity contribution in [3.8, 4) is 0 Å². The summed E-state index contributed by atoms with van der Waals surface area (Å²) in [6, 6.07) is 0.930. The smallest absolute Gasteiger partial charge is 0.326 e. The lowest BCUT2D eigenvalue weighted by Gasteiger charge is -2.34. The maximum atomic E-state index is 12.0. The minimum Gasteiger partial charge on any atom is -0.480 e. The predicted molar refractivity (Wildman–Crippen MR) is 85.1 cm³/mol. The van der Waals surface area contributed by atoms with Crippen molar-refractivity contribution in [2.45, 2.75) is 19.9 Å². The first kappa shape index (κ1) is 17.1. The van der Waals surface area contributed by atoms with E-state index in [1.165, 1.54) is 0 Å². The summed E-state index contributed by atoms with van der Waals surface area (Å²) in [4.78, 5) is 35.7. The van der Waals surface area contributed by atoms with Crippen LogP contribution in [0.3, 0.4) is 0 Å². The molecule has 0 aliphatic carbocycles. The maximum Gasteiger partial charge on any atom is 0.326 e. The van der Waals surface area contributed by atoms with Crippen molar-refractivity contribution in [3.63, 3.8) is 0 Å². The number of piperazine rings is 1. The molecule has 0 spiro atoms. The van der Waals surface area contributed by atoms with Crippen molar-refractivity contribution in [1.82, 2.24) is 20.2 Å². The number of carboxylic acid groups (broad SMARTS) is 1. The van der Waals surface area contributed by atoms with Gasteiger partial charge in [0, 0.05) is 38.6 Å². The number of anilines is 1. The fourth-order valence-electron chi connectivity index (χ4n) is 2.50. The molecule has 1 fully saturated rings. The standard InChI is InChI=1S/C15H23N5O3/c1-11(2)13(14(22)23)18-12(21)10-19-6-8-20(9-7-19)15-16-4-3-5-17-15/h3-5,11,13H,6-10H2,1-2H3,(H,18,21)(H,22,23). The van der Waals surface area contributed by atoms with Crippen LogP contribution in [-0.2, 0) is 9.59 Å². The number of aromatic nitrogens is 2. The maximum absolute atomic E-state index is 12.0. The molecule has 8 nitrogen and oxygen atoms in total. The van der Waals surface area contributed by atoms with E-state index in [4.69, 9.17) is 5.11 Å². The summed E-state index contributed by atoms with van der Waals surface area (Å²) in [6.45, 7) is 6.67. The van der Waals surface area contributed by atoms with Gasteiger partial charge in [0.25, 0.3) is 0 Å². The van der Waals surface area contributed by atoms with Crippen LogP contribution >= 0.6 is 0 Å². The van der Waals surface area contributed by atoms with Crippen LogP contribution in [-0.4, -0.2) is 70.6 Å². The van der Waals surface area contributed by atoms with Gasteiger partial charge in [-0.2, -0.15) is 0 Å². The Kier molecular flexibility index (Phi) is 5.86. The summed E-state index contributed by atoms with van der Waals surface area (Å²) in [5, 5.41) is 11.7. The van der Waals surface area contributed by atoms with Gasteiger partial charge in [-0.25, -0.2) is 14.8 Å². The van der Waals surface area contributed by atoms with Gasteiger partial charge >= 0.3 is 5.97 Å². The Balaban J connectivity index is 1.80. The first-order valence-corrected chi connectivity index (χ1v) is 7.74. The third-order valence-electron chi connectivity index (χ3n) is 3.82. The van der Waals surface area contributed by atoms with E-state index in [0.29, 0.717) is 19.0 Å². The van der Waals surface area contributed by atoms with Crippen LogP contribution in [0.15, 0.2) is 18.5 Å². The van der Waals surface area contributed by atoms with E-state index in [1.807, 2.05) is 4.90 Å². The van der Waals surface area contributed by atoms with E-state index in [2.05, 4.69) is 20.2 Å². The molecular formula is C15H23N5O3. The summed E-state index contributed by atoms with van der Waals surface area (Å²) in [6.07, 6.45) is 3.42. The molecule has 2 heterocycles. The van der Waals surface area contributed by atoms with Gasteiger partial charge < -0.3 is 15.3 Å². The Hall–Kier alpha value is -2.22. The van der Waals surface area contributed by atoms with Gasteiger partial charge in [0.2, 0.25) is 11.9 Å². The van der Waals surface area contributed by atoms with Crippen molar-refractivity contribution >= 4 is 17.8 Å². The minimum absolute atomic E-state index is 0.150. The van der Waals surface area contributed by atoms with Crippen LogP contribution in [0.2, 0.25) is 0 Å². The molecule has 1 amide bonds. The lowest BCUT2D eigenvalue weighted by atomic mass is 10.0. The average molecular weight is 321 g/mol. The summed E-state index contributed by atoms with van der Waals surface area (Å²) in [5.41, 5.74) is 0. The van der Waals surface area contributed by atoms with Crippen LogP contribution < -0.4 is 10.2 Å². The lowest BCUT2D eigenvalue weighted by Crippen LogP contribution is -2.52. The Bertz CT molecular complexity index is 529. The zero-order valence-corrected chi connectivity index (χ0v) is 13.5. The van der Waals surface area contributed by atoms with Crippen LogP contribution in [0.1, 0.15) is 13.8 Å². The Labute approximate surface area is 135 Å². The van der Waals surface area contributed by atoms with E-state index in [0.717, 1.165) is 13.1 Å². The molecule has 2 rings (SSSR count). The van der Waals surface area contributed by atoms with Gasteiger partial charge in [0.15, 0.2) is 0 Å². The number of hydrogen-bond donors (Lipinski definition) is 2. The zero-order valence-electron chi connectivity index (χ0n) is 13.5. The number of hydrogen-bond acceptors (Lipinski definition) is 6. The molecule has 0 aromatic carbocycles. The van der Waals surface area contributed by atoms with Crippen molar-refractivity contribution in [1.29, 1.82) is 0 Å². The first-order chi connectivity index (χ1) is 11.0. The molecule has 1 saturated heterocycles. The second-order valence-electron chi connectivity index (χ2n) is 5.94. The molecule has 126 valence electrons. The summed E-state index contributed by atoms with van der Waals surface area (Å²) in [7, 11) is 0. The molecule has 1 aliphatic heterocycles. The highest BCUT2D eigenvalue weighted by molar-refractivity contribution is 5.84. The molecule has 0 bridgehead atoms. The number of amides is 1. The molecule has 1 aliphatic rings. The van der Waals surface area contributed by atoms with E-state index < -0.39 is 12.0 Å². The normalized spacial score (nSPS) is 17.1. The molecular weight excluding hydrogens is 298 g/mol. The van der Waals surface area contributed by atoms with Crippen molar-refractivity contribution in [3.05, 3.63) is 18.5 Å². The SMILES string of the molecule is CC(C)C(NC(=O)CN1CCN(c2ncccn2)CC1)C(=O)O. The van der Waals surface area contributed by atoms with Crippen molar-refractivity contribution < 1.29 is 14.7 Å². The summed E-state index contributed by atoms with van der Waals surface area (Å²) in [5.74, 6) is -0.708. The van der Waals surface area contributed by atoms with Gasteiger partial charge in [-0.1, -0.05) is 13.8 Å². The molecule has 1 unspecified atom stereocenters. The van der Waals surface area contributed by atoms with E-state index in [9.17, 15) is 9.59 Å². The quantitative estimate of drug-likeness (QED) is 0.750. The van der Waals surface area contributed by atoms with Gasteiger partial charge in [-0.15, -0.1) is 0 Å². The molecule has 1 aromatic rings. The summed E-state index contributed by atoms with van der Waals surface area (Å²) >= 11 is 0. The molecule has 0 radical (unpaired) electrons. The van der Waals surface area contributed by atoms with E-state index in [-0.39, 0.29) is 18.4 Å². The minimum atomic E-state index is -1.00. The number of carbonyl (C=O) groups excluding carboxylic acids is 1. The fourth-order valence-corrected chi connectivity index (χ4v) is 2.50. The van der Waals surface area contributed by atoms with Gasteiger partial charge in [0.05, 0.1) is 6.54 Å². The second-order valence-corrected chi connectivity index (χ2v) is 5.94. The number of nitrogens with zero attached hydrogens (tertiary/aromatic N) is 4. The van der Waals surface area contributed by atoms with Crippen LogP contribution in [0.4, 0.5) is 5.95 Å². The number of nitrogens with one attached hydrogen (secondary N) is 1. The zero-order chi connectivity index (χ0) is 16.8. The Morgan fingerprint density at radius 2 is 1.83 bits per heavy atom. The third-order valence-corrected chi connectivity index (χ3v) is 3.82. The van der Waals surface area contributed by atoms with E-state index >= 15 is 0 Å².